The second kappa shape index (κ2) is 6.94. The summed E-state index contributed by atoms with van der Waals surface area (Å²) in [7, 11) is 0. The first kappa shape index (κ1) is 15.8. The largest absolute Gasteiger partial charge is 0.399 e. The zero-order valence-electron chi connectivity index (χ0n) is 12.8. The number of nitrogen functional groups attached to an aromatic ring is 1. The van der Waals surface area contributed by atoms with Gasteiger partial charge in [-0.2, -0.15) is 0 Å². The molecule has 0 unspecified atom stereocenters. The van der Waals surface area contributed by atoms with Gasteiger partial charge in [0, 0.05) is 12.2 Å². The molecule has 4 N–H and O–H groups in total. The first-order chi connectivity index (χ1) is 10.0. The van der Waals surface area contributed by atoms with Crippen molar-refractivity contribution in [1.29, 1.82) is 0 Å². The van der Waals surface area contributed by atoms with E-state index in [2.05, 4.69) is 12.2 Å². The molecule has 0 aromatic heterocycles. The Kier molecular flexibility index (Phi) is 5.23. The van der Waals surface area contributed by atoms with Crippen molar-refractivity contribution < 1.29 is 9.90 Å². The Labute approximate surface area is 126 Å². The van der Waals surface area contributed by atoms with Crippen molar-refractivity contribution in [2.45, 2.75) is 51.0 Å². The molecule has 0 heterocycles. The van der Waals surface area contributed by atoms with E-state index in [9.17, 15) is 9.90 Å². The van der Waals surface area contributed by atoms with Crippen molar-refractivity contribution >= 4 is 11.6 Å². The molecule has 116 valence electrons. The van der Waals surface area contributed by atoms with Crippen molar-refractivity contribution in [2.24, 2.45) is 5.92 Å². The summed E-state index contributed by atoms with van der Waals surface area (Å²) < 4.78 is 0. The molecule has 0 atom stereocenters. The Morgan fingerprint density at radius 2 is 2.14 bits per heavy atom. The number of anilines is 1. The van der Waals surface area contributed by atoms with E-state index >= 15 is 0 Å². The predicted molar refractivity (Wildman–Crippen MR) is 84.8 cm³/mol. The van der Waals surface area contributed by atoms with Crippen LogP contribution in [0.2, 0.25) is 0 Å². The summed E-state index contributed by atoms with van der Waals surface area (Å²) in [4.78, 5) is 12.0. The Morgan fingerprint density at radius 1 is 1.43 bits per heavy atom. The molecule has 2 rings (SSSR count). The molecular formula is C17H26N2O2. The van der Waals surface area contributed by atoms with Crippen LogP contribution < -0.4 is 11.1 Å². The topological polar surface area (TPSA) is 75.3 Å². The van der Waals surface area contributed by atoms with E-state index in [4.69, 9.17) is 5.73 Å². The lowest BCUT2D eigenvalue weighted by Gasteiger charge is -2.35. The van der Waals surface area contributed by atoms with Crippen molar-refractivity contribution in [2.75, 3.05) is 12.3 Å². The third-order valence-corrected chi connectivity index (χ3v) is 4.54. The lowest BCUT2D eigenvalue weighted by Crippen LogP contribution is -2.45. The molecule has 1 fully saturated rings. The summed E-state index contributed by atoms with van der Waals surface area (Å²) in [6.45, 7) is 2.55. The van der Waals surface area contributed by atoms with E-state index in [1.54, 1.807) is 12.1 Å². The Hall–Kier alpha value is -1.55. The molecule has 1 aromatic rings. The van der Waals surface area contributed by atoms with Crippen LogP contribution in [0.25, 0.3) is 0 Å². The molecule has 21 heavy (non-hydrogen) atoms. The summed E-state index contributed by atoms with van der Waals surface area (Å²) >= 11 is 0. The van der Waals surface area contributed by atoms with Gasteiger partial charge in [-0.25, -0.2) is 0 Å². The molecule has 1 aromatic carbocycles. The van der Waals surface area contributed by atoms with E-state index in [0.717, 1.165) is 37.2 Å². The summed E-state index contributed by atoms with van der Waals surface area (Å²) in [5, 5.41) is 13.4. The lowest BCUT2D eigenvalue weighted by atomic mass is 9.78. The van der Waals surface area contributed by atoms with Crippen LogP contribution in [0.1, 0.15) is 44.6 Å². The van der Waals surface area contributed by atoms with Crippen molar-refractivity contribution in [3.05, 3.63) is 29.8 Å². The maximum Gasteiger partial charge on any atom is 0.224 e. The van der Waals surface area contributed by atoms with Crippen LogP contribution in [0.15, 0.2) is 24.3 Å². The van der Waals surface area contributed by atoms with Gasteiger partial charge in [-0.15, -0.1) is 0 Å². The minimum atomic E-state index is -0.725. The Morgan fingerprint density at radius 3 is 2.76 bits per heavy atom. The van der Waals surface area contributed by atoms with Gasteiger partial charge < -0.3 is 16.2 Å². The molecule has 1 aliphatic rings. The van der Waals surface area contributed by atoms with E-state index in [1.807, 2.05) is 12.1 Å². The Bertz CT molecular complexity index is 479. The predicted octanol–water partition coefficient (Wildman–Crippen LogP) is 2.26. The average molecular weight is 290 g/mol. The summed E-state index contributed by atoms with van der Waals surface area (Å²) in [5.74, 6) is 0.667. The molecule has 4 nitrogen and oxygen atoms in total. The number of hydrogen-bond acceptors (Lipinski definition) is 3. The van der Waals surface area contributed by atoms with Gasteiger partial charge in [-0.1, -0.05) is 25.5 Å². The van der Waals surface area contributed by atoms with Crippen molar-refractivity contribution in [1.82, 2.24) is 5.32 Å². The molecule has 1 aliphatic carbocycles. The fourth-order valence-electron chi connectivity index (χ4n) is 3.01. The number of amides is 1. The van der Waals surface area contributed by atoms with Crippen LogP contribution in [0.4, 0.5) is 5.69 Å². The smallest absolute Gasteiger partial charge is 0.224 e. The van der Waals surface area contributed by atoms with Gasteiger partial charge in [-0.05, 0) is 49.3 Å². The van der Waals surface area contributed by atoms with E-state index in [-0.39, 0.29) is 5.91 Å². The van der Waals surface area contributed by atoms with Crippen LogP contribution in [0.3, 0.4) is 0 Å². The van der Waals surface area contributed by atoms with E-state index in [1.165, 1.54) is 6.42 Å². The highest BCUT2D eigenvalue weighted by atomic mass is 16.3. The number of nitrogens with one attached hydrogen (secondary N) is 1. The number of benzene rings is 1. The molecule has 0 aliphatic heterocycles. The first-order valence-electron chi connectivity index (χ1n) is 7.84. The van der Waals surface area contributed by atoms with Crippen LogP contribution >= 0.6 is 0 Å². The maximum atomic E-state index is 12.0. The van der Waals surface area contributed by atoms with Crippen molar-refractivity contribution in [3.8, 4) is 0 Å². The third kappa shape index (κ3) is 4.74. The molecule has 0 radical (unpaired) electrons. The molecule has 0 saturated heterocycles. The summed E-state index contributed by atoms with van der Waals surface area (Å²) in [6, 6.07) is 7.34. The number of carbonyl (C=O) groups excluding carboxylic acids is 1. The van der Waals surface area contributed by atoms with Crippen LogP contribution in [0.5, 0.6) is 0 Å². The minimum absolute atomic E-state index is 0.0633. The first-order valence-corrected chi connectivity index (χ1v) is 7.84. The highest BCUT2D eigenvalue weighted by molar-refractivity contribution is 5.78. The minimum Gasteiger partial charge on any atom is -0.399 e. The highest BCUT2D eigenvalue weighted by Gasteiger charge is 2.32. The fourth-order valence-corrected chi connectivity index (χ4v) is 3.01. The van der Waals surface area contributed by atoms with Gasteiger partial charge in [0.25, 0.3) is 0 Å². The van der Waals surface area contributed by atoms with Gasteiger partial charge in [-0.3, -0.25) is 4.79 Å². The quantitative estimate of drug-likeness (QED) is 0.728. The van der Waals surface area contributed by atoms with Gasteiger partial charge in [0.05, 0.1) is 12.0 Å². The standard InChI is InChI=1S/C17H26N2O2/c1-2-13-6-8-17(21,9-7-13)12-19-16(20)11-14-4-3-5-15(18)10-14/h3-5,10,13,21H,2,6-9,11-12,18H2,1H3,(H,19,20). The zero-order valence-corrected chi connectivity index (χ0v) is 12.8. The molecule has 0 spiro atoms. The van der Waals surface area contributed by atoms with Crippen LogP contribution in [-0.4, -0.2) is 23.2 Å². The molecule has 1 saturated carbocycles. The van der Waals surface area contributed by atoms with Gasteiger partial charge in [0.15, 0.2) is 0 Å². The number of hydrogen-bond donors (Lipinski definition) is 3. The van der Waals surface area contributed by atoms with E-state index in [0.29, 0.717) is 18.7 Å². The second-order valence-electron chi connectivity index (χ2n) is 6.27. The number of rotatable bonds is 5. The average Bonchev–Trinajstić information content (AvgIpc) is 2.46. The number of nitrogens with two attached hydrogens (primary N) is 1. The number of carbonyl (C=O) groups is 1. The second-order valence-corrected chi connectivity index (χ2v) is 6.27. The monoisotopic (exact) mass is 290 g/mol. The fraction of sp³-hybridized carbons (Fsp3) is 0.588. The molecular weight excluding hydrogens is 264 g/mol. The van der Waals surface area contributed by atoms with Crippen LogP contribution in [-0.2, 0) is 11.2 Å². The highest BCUT2D eigenvalue weighted by Crippen LogP contribution is 2.33. The lowest BCUT2D eigenvalue weighted by molar-refractivity contribution is -0.122. The number of aliphatic hydroxyl groups is 1. The third-order valence-electron chi connectivity index (χ3n) is 4.54. The molecule has 1 amide bonds. The van der Waals surface area contributed by atoms with Crippen LogP contribution in [0, 0.1) is 5.92 Å². The molecule has 0 bridgehead atoms. The van der Waals surface area contributed by atoms with Gasteiger partial charge in [0.2, 0.25) is 5.91 Å². The normalized spacial score (nSPS) is 25.5. The SMILES string of the molecule is CCC1CCC(O)(CNC(=O)Cc2cccc(N)c2)CC1. The maximum absolute atomic E-state index is 12.0. The Balaban J connectivity index is 1.78. The van der Waals surface area contributed by atoms with Gasteiger partial charge >= 0.3 is 0 Å². The van der Waals surface area contributed by atoms with Gasteiger partial charge in [0.1, 0.15) is 0 Å². The summed E-state index contributed by atoms with van der Waals surface area (Å²) in [5.41, 5.74) is 6.54. The van der Waals surface area contributed by atoms with Crippen molar-refractivity contribution in [3.63, 3.8) is 0 Å². The van der Waals surface area contributed by atoms with E-state index < -0.39 is 5.60 Å². The zero-order chi connectivity index (χ0) is 15.3. The summed E-state index contributed by atoms with van der Waals surface area (Å²) in [6.07, 6.45) is 5.15. The molecule has 4 heteroatoms.